The molecule has 4 aromatic rings. The SMILES string of the molecule is CCc1c(N2CCN(C(=O)c3ncnc(C)c3O)CC2CC)c(=O)n2nc(C3=CCOCC3)nc2n1CC(=O)Nc1ccc(C(F)(F)F)cc1Cl. The number of fused-ring (bicyclic) bond motifs is 1. The maximum absolute atomic E-state index is 14.4. The Labute approximate surface area is 294 Å². The number of aryl methyl sites for hydroxylation is 1. The highest BCUT2D eigenvalue weighted by Gasteiger charge is 2.35. The first-order valence-electron chi connectivity index (χ1n) is 16.3. The summed E-state index contributed by atoms with van der Waals surface area (Å²) in [6.45, 7) is 6.38. The summed E-state index contributed by atoms with van der Waals surface area (Å²) in [5.74, 6) is -0.980. The number of amides is 2. The summed E-state index contributed by atoms with van der Waals surface area (Å²) in [7, 11) is 0. The van der Waals surface area contributed by atoms with Crippen LogP contribution in [0.4, 0.5) is 24.5 Å². The van der Waals surface area contributed by atoms with Crippen molar-refractivity contribution in [3.8, 4) is 5.75 Å². The van der Waals surface area contributed by atoms with E-state index in [9.17, 15) is 32.7 Å². The van der Waals surface area contributed by atoms with Gasteiger partial charge in [0.2, 0.25) is 11.7 Å². The highest BCUT2D eigenvalue weighted by Crippen LogP contribution is 2.34. The molecule has 51 heavy (non-hydrogen) atoms. The summed E-state index contributed by atoms with van der Waals surface area (Å²) in [6, 6.07) is 2.29. The molecule has 1 fully saturated rings. The third-order valence-electron chi connectivity index (χ3n) is 9.02. The third kappa shape index (κ3) is 6.99. The molecule has 0 radical (unpaired) electrons. The number of ether oxygens (including phenoxy) is 1. The zero-order valence-corrected chi connectivity index (χ0v) is 28.8. The normalized spacial score (nSPS) is 16.8. The van der Waals surface area contributed by atoms with Crippen molar-refractivity contribution in [1.29, 1.82) is 0 Å². The van der Waals surface area contributed by atoms with Crippen LogP contribution >= 0.6 is 11.6 Å². The minimum atomic E-state index is -4.61. The van der Waals surface area contributed by atoms with Gasteiger partial charge in [0, 0.05) is 25.7 Å². The molecule has 270 valence electrons. The standard InChI is InChI=1S/C33H35ClF3N9O5/c1-4-21-15-43(30(49)26-28(48)18(3)38-17-39-26)10-11-44(21)27-24(5-2)45(16-25(47)40-23-7-6-20(14-22(23)34)33(35,36)37)32-41-29(42-46(32)31(27)50)19-8-12-51-13-9-19/h6-8,14,17,21,48H,4-5,9-13,15-16H2,1-3H3,(H,40,47). The Hall–Kier alpha value is -5.03. The van der Waals surface area contributed by atoms with Crippen LogP contribution in [-0.2, 0) is 28.7 Å². The second kappa shape index (κ2) is 14.3. The van der Waals surface area contributed by atoms with Gasteiger partial charge in [-0.1, -0.05) is 31.5 Å². The summed E-state index contributed by atoms with van der Waals surface area (Å²) in [5.41, 5.74) is 0.257. The Kier molecular flexibility index (Phi) is 10.0. The molecule has 18 heteroatoms. The van der Waals surface area contributed by atoms with E-state index in [1.54, 1.807) is 16.4 Å². The van der Waals surface area contributed by atoms with Crippen molar-refractivity contribution >= 4 is 46.1 Å². The van der Waals surface area contributed by atoms with Crippen molar-refractivity contribution < 1.29 is 32.6 Å². The first-order valence-corrected chi connectivity index (χ1v) is 16.7. The van der Waals surface area contributed by atoms with Crippen molar-refractivity contribution in [1.82, 2.24) is 34.0 Å². The maximum atomic E-state index is 14.4. The lowest BCUT2D eigenvalue weighted by molar-refractivity contribution is -0.137. The Morgan fingerprint density at radius 3 is 2.63 bits per heavy atom. The average Bonchev–Trinajstić information content (AvgIpc) is 3.57. The van der Waals surface area contributed by atoms with E-state index in [0.717, 1.165) is 28.3 Å². The second-order valence-electron chi connectivity index (χ2n) is 12.1. The van der Waals surface area contributed by atoms with Gasteiger partial charge < -0.3 is 29.5 Å². The number of hydrogen-bond acceptors (Lipinski definition) is 10. The number of nitrogens with one attached hydrogen (secondary N) is 1. The molecule has 2 amide bonds. The number of hydrogen-bond donors (Lipinski definition) is 2. The van der Waals surface area contributed by atoms with E-state index in [1.807, 2.05) is 24.8 Å². The Morgan fingerprint density at radius 2 is 1.96 bits per heavy atom. The van der Waals surface area contributed by atoms with Gasteiger partial charge >= 0.3 is 6.18 Å². The average molecular weight is 730 g/mol. The molecule has 3 aromatic heterocycles. The van der Waals surface area contributed by atoms with E-state index in [-0.39, 0.29) is 78.0 Å². The van der Waals surface area contributed by atoms with E-state index >= 15 is 0 Å². The van der Waals surface area contributed by atoms with E-state index in [0.29, 0.717) is 37.6 Å². The van der Waals surface area contributed by atoms with Gasteiger partial charge in [0.05, 0.1) is 40.9 Å². The first kappa shape index (κ1) is 35.8. The van der Waals surface area contributed by atoms with Crippen LogP contribution in [0.25, 0.3) is 11.4 Å². The molecule has 0 spiro atoms. The lowest BCUT2D eigenvalue weighted by Crippen LogP contribution is -2.56. The number of piperazine rings is 1. The number of aromatic hydroxyl groups is 1. The molecule has 0 bridgehead atoms. The fourth-order valence-electron chi connectivity index (χ4n) is 6.35. The minimum Gasteiger partial charge on any atom is -0.504 e. The maximum Gasteiger partial charge on any atom is 0.416 e. The highest BCUT2D eigenvalue weighted by atomic mass is 35.5. The van der Waals surface area contributed by atoms with E-state index in [4.69, 9.17) is 16.3 Å². The number of alkyl halides is 3. The summed E-state index contributed by atoms with van der Waals surface area (Å²) in [6.07, 6.45) is -0.239. The molecule has 14 nitrogen and oxygen atoms in total. The number of rotatable bonds is 8. The summed E-state index contributed by atoms with van der Waals surface area (Å²) in [5, 5.41) is 17.3. The number of aromatic nitrogens is 6. The monoisotopic (exact) mass is 729 g/mol. The summed E-state index contributed by atoms with van der Waals surface area (Å²) in [4.78, 5) is 57.5. The van der Waals surface area contributed by atoms with E-state index < -0.39 is 29.1 Å². The van der Waals surface area contributed by atoms with Crippen LogP contribution in [0.5, 0.6) is 5.75 Å². The largest absolute Gasteiger partial charge is 0.504 e. The quantitative estimate of drug-likeness (QED) is 0.270. The second-order valence-corrected chi connectivity index (χ2v) is 12.6. The molecule has 1 saturated heterocycles. The van der Waals surface area contributed by atoms with Gasteiger partial charge in [-0.2, -0.15) is 22.7 Å². The molecule has 2 aliphatic heterocycles. The van der Waals surface area contributed by atoms with Gasteiger partial charge in [0.1, 0.15) is 18.6 Å². The number of carbonyl (C=O) groups is 2. The fourth-order valence-corrected chi connectivity index (χ4v) is 6.58. The van der Waals surface area contributed by atoms with Crippen molar-refractivity contribution in [3.63, 3.8) is 0 Å². The molecule has 6 rings (SSSR count). The van der Waals surface area contributed by atoms with E-state index in [2.05, 4.69) is 25.4 Å². The molecule has 0 saturated carbocycles. The van der Waals surface area contributed by atoms with Crippen LogP contribution in [-0.4, -0.2) is 89.8 Å². The molecule has 1 unspecified atom stereocenters. The van der Waals surface area contributed by atoms with Crippen LogP contribution in [0.15, 0.2) is 35.4 Å². The van der Waals surface area contributed by atoms with Crippen LogP contribution in [0.2, 0.25) is 5.02 Å². The topological polar surface area (TPSA) is 160 Å². The number of nitrogens with zero attached hydrogens (tertiary/aromatic N) is 8. The van der Waals surface area contributed by atoms with Gasteiger partial charge in [-0.3, -0.25) is 14.4 Å². The highest BCUT2D eigenvalue weighted by molar-refractivity contribution is 6.33. The molecular formula is C33H35ClF3N9O5. The molecule has 2 N–H and O–H groups in total. The first-order chi connectivity index (χ1) is 24.3. The lowest BCUT2D eigenvalue weighted by atomic mass is 10.1. The smallest absolute Gasteiger partial charge is 0.416 e. The fraction of sp³-hybridized carbons (Fsp3) is 0.424. The predicted octanol–water partition coefficient (Wildman–Crippen LogP) is 4.11. The number of anilines is 2. The van der Waals surface area contributed by atoms with Gasteiger partial charge in [-0.15, -0.1) is 5.10 Å². The van der Waals surface area contributed by atoms with Crippen molar-refractivity contribution in [2.24, 2.45) is 0 Å². The molecular weight excluding hydrogens is 695 g/mol. The Balaban J connectivity index is 1.39. The lowest BCUT2D eigenvalue weighted by Gasteiger charge is -2.42. The summed E-state index contributed by atoms with van der Waals surface area (Å²) < 4.78 is 47.8. The van der Waals surface area contributed by atoms with Crippen molar-refractivity contribution in [3.05, 3.63) is 74.4 Å². The van der Waals surface area contributed by atoms with Gasteiger partial charge in [-0.25, -0.2) is 9.97 Å². The van der Waals surface area contributed by atoms with Gasteiger partial charge in [0.25, 0.3) is 11.5 Å². The number of carbonyl (C=O) groups excluding carboxylic acids is 2. The Morgan fingerprint density at radius 1 is 1.18 bits per heavy atom. The molecule has 1 aromatic carbocycles. The van der Waals surface area contributed by atoms with Crippen molar-refractivity contribution in [2.75, 3.05) is 43.1 Å². The van der Waals surface area contributed by atoms with Gasteiger partial charge in [0.15, 0.2) is 17.3 Å². The van der Waals surface area contributed by atoms with Crippen molar-refractivity contribution in [2.45, 2.75) is 58.8 Å². The van der Waals surface area contributed by atoms with Gasteiger partial charge in [-0.05, 0) is 50.0 Å². The zero-order valence-electron chi connectivity index (χ0n) is 28.0. The molecule has 5 heterocycles. The van der Waals surface area contributed by atoms with Crippen LogP contribution in [0.1, 0.15) is 60.0 Å². The Bertz CT molecular complexity index is 2100. The summed E-state index contributed by atoms with van der Waals surface area (Å²) >= 11 is 6.13. The van der Waals surface area contributed by atoms with Crippen LogP contribution in [0.3, 0.4) is 0 Å². The molecule has 2 aliphatic rings. The zero-order chi connectivity index (χ0) is 36.6. The third-order valence-corrected chi connectivity index (χ3v) is 9.33. The predicted molar refractivity (Wildman–Crippen MR) is 181 cm³/mol. The van der Waals surface area contributed by atoms with Crippen LogP contribution < -0.4 is 15.8 Å². The number of benzene rings is 1. The van der Waals surface area contributed by atoms with Crippen LogP contribution in [0, 0.1) is 6.92 Å². The van der Waals surface area contributed by atoms with E-state index in [1.165, 1.54) is 6.33 Å². The molecule has 1 atom stereocenters. The number of halogens is 4. The minimum absolute atomic E-state index is 0.0173. The molecule has 0 aliphatic carbocycles.